The van der Waals surface area contributed by atoms with Crippen molar-refractivity contribution in [2.45, 2.75) is 57.4 Å². The van der Waals surface area contributed by atoms with Gasteiger partial charge in [-0.1, -0.05) is 19.3 Å². The van der Waals surface area contributed by atoms with Gasteiger partial charge in [-0.05, 0) is 25.7 Å². The van der Waals surface area contributed by atoms with Crippen LogP contribution in [0.15, 0.2) is 0 Å². The summed E-state index contributed by atoms with van der Waals surface area (Å²) in [6.45, 7) is 3.13. The van der Waals surface area contributed by atoms with Gasteiger partial charge in [0.15, 0.2) is 0 Å². The monoisotopic (exact) mass is 347 g/mol. The van der Waals surface area contributed by atoms with Gasteiger partial charge in [-0.3, -0.25) is 14.4 Å². The lowest BCUT2D eigenvalue weighted by Crippen LogP contribution is -2.53. The first kappa shape index (κ1) is 16.9. The SMILES string of the molecule is O=C(C1CCCCC1)N1CCN(C(=O)C2CC(=O)N(C3CC3)C2)CC1. The van der Waals surface area contributed by atoms with Crippen LogP contribution < -0.4 is 0 Å². The summed E-state index contributed by atoms with van der Waals surface area (Å²) in [6.07, 6.45) is 8.20. The maximum absolute atomic E-state index is 12.8. The lowest BCUT2D eigenvalue weighted by molar-refractivity contribution is -0.144. The lowest BCUT2D eigenvalue weighted by atomic mass is 9.88. The summed E-state index contributed by atoms with van der Waals surface area (Å²) in [6, 6.07) is 0.398. The molecule has 138 valence electrons. The Bertz CT molecular complexity index is 546. The molecule has 0 aromatic carbocycles. The summed E-state index contributed by atoms with van der Waals surface area (Å²) < 4.78 is 0. The number of hydrogen-bond acceptors (Lipinski definition) is 3. The van der Waals surface area contributed by atoms with E-state index < -0.39 is 0 Å². The fourth-order valence-electron chi connectivity index (χ4n) is 4.65. The van der Waals surface area contributed by atoms with Crippen LogP contribution in [0.25, 0.3) is 0 Å². The highest BCUT2D eigenvalue weighted by atomic mass is 16.2. The second-order valence-corrected chi connectivity index (χ2v) is 8.16. The number of piperazine rings is 1. The Morgan fingerprint density at radius 1 is 0.760 bits per heavy atom. The molecule has 4 aliphatic rings. The average molecular weight is 347 g/mol. The Morgan fingerprint density at radius 3 is 1.88 bits per heavy atom. The first-order valence-corrected chi connectivity index (χ1v) is 10.0. The molecule has 0 bridgehead atoms. The molecule has 25 heavy (non-hydrogen) atoms. The van der Waals surface area contributed by atoms with E-state index in [0.29, 0.717) is 51.1 Å². The van der Waals surface area contributed by atoms with Gasteiger partial charge in [0.25, 0.3) is 0 Å². The van der Waals surface area contributed by atoms with Crippen LogP contribution in [0, 0.1) is 11.8 Å². The minimum Gasteiger partial charge on any atom is -0.339 e. The van der Waals surface area contributed by atoms with E-state index in [4.69, 9.17) is 0 Å². The number of nitrogens with zero attached hydrogens (tertiary/aromatic N) is 3. The average Bonchev–Trinajstić information content (AvgIpc) is 3.43. The van der Waals surface area contributed by atoms with Crippen molar-refractivity contribution in [1.82, 2.24) is 14.7 Å². The smallest absolute Gasteiger partial charge is 0.228 e. The molecule has 2 aliphatic heterocycles. The Kier molecular flexibility index (Phi) is 4.69. The number of carbonyl (C=O) groups is 3. The molecular weight excluding hydrogens is 318 g/mol. The first-order chi connectivity index (χ1) is 12.1. The largest absolute Gasteiger partial charge is 0.339 e. The van der Waals surface area contributed by atoms with E-state index in [0.717, 1.165) is 25.7 Å². The Balaban J connectivity index is 1.27. The van der Waals surface area contributed by atoms with Crippen molar-refractivity contribution in [2.24, 2.45) is 11.8 Å². The third kappa shape index (κ3) is 3.53. The number of likely N-dealkylation sites (tertiary alicyclic amines) is 1. The lowest BCUT2D eigenvalue weighted by Gasteiger charge is -2.38. The minimum atomic E-state index is -0.173. The Hall–Kier alpha value is -1.59. The molecule has 0 aromatic heterocycles. The highest BCUT2D eigenvalue weighted by Crippen LogP contribution is 2.33. The molecule has 4 fully saturated rings. The van der Waals surface area contributed by atoms with E-state index in [2.05, 4.69) is 0 Å². The summed E-state index contributed by atoms with van der Waals surface area (Å²) in [5, 5.41) is 0. The van der Waals surface area contributed by atoms with Gasteiger partial charge in [0.2, 0.25) is 17.7 Å². The quantitative estimate of drug-likeness (QED) is 0.772. The predicted molar refractivity (Wildman–Crippen MR) is 92.6 cm³/mol. The second-order valence-electron chi connectivity index (χ2n) is 8.16. The van der Waals surface area contributed by atoms with Crippen LogP contribution in [0.4, 0.5) is 0 Å². The van der Waals surface area contributed by atoms with Crippen LogP contribution in [0.2, 0.25) is 0 Å². The van der Waals surface area contributed by atoms with E-state index in [1.807, 2.05) is 14.7 Å². The van der Waals surface area contributed by atoms with Crippen LogP contribution in [-0.2, 0) is 14.4 Å². The normalized spacial score (nSPS) is 28.6. The maximum Gasteiger partial charge on any atom is 0.228 e. The third-order valence-electron chi connectivity index (χ3n) is 6.35. The summed E-state index contributed by atoms with van der Waals surface area (Å²) in [5.74, 6) is 0.584. The van der Waals surface area contributed by atoms with Gasteiger partial charge in [-0.15, -0.1) is 0 Å². The van der Waals surface area contributed by atoms with Gasteiger partial charge >= 0.3 is 0 Å². The highest BCUT2D eigenvalue weighted by Gasteiger charge is 2.43. The molecule has 0 aromatic rings. The van der Waals surface area contributed by atoms with Crippen molar-refractivity contribution >= 4 is 17.7 Å². The summed E-state index contributed by atoms with van der Waals surface area (Å²) in [5.41, 5.74) is 0. The molecule has 3 amide bonds. The molecule has 6 heteroatoms. The molecule has 0 spiro atoms. The van der Waals surface area contributed by atoms with Crippen LogP contribution in [0.5, 0.6) is 0 Å². The van der Waals surface area contributed by atoms with E-state index >= 15 is 0 Å². The van der Waals surface area contributed by atoms with E-state index in [1.54, 1.807) is 0 Å². The number of amides is 3. The van der Waals surface area contributed by atoms with Gasteiger partial charge in [-0.2, -0.15) is 0 Å². The van der Waals surface area contributed by atoms with E-state index in [1.165, 1.54) is 19.3 Å². The van der Waals surface area contributed by atoms with Crippen molar-refractivity contribution in [2.75, 3.05) is 32.7 Å². The number of rotatable bonds is 3. The topological polar surface area (TPSA) is 60.9 Å². The molecule has 2 saturated carbocycles. The Morgan fingerprint density at radius 2 is 1.32 bits per heavy atom. The van der Waals surface area contributed by atoms with Crippen LogP contribution in [0.3, 0.4) is 0 Å². The van der Waals surface area contributed by atoms with Gasteiger partial charge in [0.05, 0.1) is 5.92 Å². The minimum absolute atomic E-state index is 0.112. The van der Waals surface area contributed by atoms with Crippen LogP contribution >= 0.6 is 0 Å². The van der Waals surface area contributed by atoms with Crippen LogP contribution in [0.1, 0.15) is 51.4 Å². The summed E-state index contributed by atoms with van der Waals surface area (Å²) in [7, 11) is 0. The zero-order valence-corrected chi connectivity index (χ0v) is 15.0. The van der Waals surface area contributed by atoms with Crippen molar-refractivity contribution in [3.8, 4) is 0 Å². The molecule has 1 unspecified atom stereocenters. The van der Waals surface area contributed by atoms with Crippen LogP contribution in [-0.4, -0.2) is 71.2 Å². The van der Waals surface area contributed by atoms with Gasteiger partial charge in [0, 0.05) is 51.1 Å². The standard InChI is InChI=1S/C19H29N3O3/c23-17-12-15(13-22(17)16-6-7-16)19(25)21-10-8-20(9-11-21)18(24)14-4-2-1-3-5-14/h14-16H,1-13H2. The molecule has 2 heterocycles. The van der Waals surface area contributed by atoms with Gasteiger partial charge < -0.3 is 14.7 Å². The Labute approximate surface area is 149 Å². The number of hydrogen-bond donors (Lipinski definition) is 0. The van der Waals surface area contributed by atoms with E-state index in [-0.39, 0.29) is 23.7 Å². The maximum atomic E-state index is 12.8. The summed E-state index contributed by atoms with van der Waals surface area (Å²) >= 11 is 0. The number of carbonyl (C=O) groups excluding carboxylic acids is 3. The molecule has 4 rings (SSSR count). The summed E-state index contributed by atoms with van der Waals surface area (Å²) in [4.78, 5) is 43.2. The van der Waals surface area contributed by atoms with Crippen molar-refractivity contribution < 1.29 is 14.4 Å². The molecular formula is C19H29N3O3. The van der Waals surface area contributed by atoms with Crippen molar-refractivity contribution in [1.29, 1.82) is 0 Å². The van der Waals surface area contributed by atoms with Crippen molar-refractivity contribution in [3.05, 3.63) is 0 Å². The van der Waals surface area contributed by atoms with Gasteiger partial charge in [0.1, 0.15) is 0 Å². The van der Waals surface area contributed by atoms with E-state index in [9.17, 15) is 14.4 Å². The zero-order chi connectivity index (χ0) is 17.4. The predicted octanol–water partition coefficient (Wildman–Crippen LogP) is 1.25. The zero-order valence-electron chi connectivity index (χ0n) is 15.0. The van der Waals surface area contributed by atoms with Crippen molar-refractivity contribution in [3.63, 3.8) is 0 Å². The second kappa shape index (κ2) is 6.96. The van der Waals surface area contributed by atoms with Gasteiger partial charge in [-0.25, -0.2) is 0 Å². The molecule has 0 radical (unpaired) electrons. The molecule has 1 atom stereocenters. The first-order valence-electron chi connectivity index (χ1n) is 10.0. The fraction of sp³-hybridized carbons (Fsp3) is 0.842. The molecule has 2 saturated heterocycles. The third-order valence-corrected chi connectivity index (χ3v) is 6.35. The fourth-order valence-corrected chi connectivity index (χ4v) is 4.65. The molecule has 2 aliphatic carbocycles. The highest BCUT2D eigenvalue weighted by molar-refractivity contribution is 5.89. The molecule has 0 N–H and O–H groups in total. The molecule has 6 nitrogen and oxygen atoms in total.